The van der Waals surface area contributed by atoms with Crippen LogP contribution in [0.2, 0.25) is 0 Å². The highest BCUT2D eigenvalue weighted by atomic mass is 32.1. The normalized spacial score (nSPS) is 19.7. The molecule has 142 valence electrons. The molecular formula is C24H25N3S. The van der Waals surface area contributed by atoms with Crippen molar-refractivity contribution in [3.05, 3.63) is 82.6 Å². The quantitative estimate of drug-likeness (QED) is 0.539. The van der Waals surface area contributed by atoms with Gasteiger partial charge in [-0.25, -0.2) is 0 Å². The Morgan fingerprint density at radius 3 is 2.29 bits per heavy atom. The smallest absolute Gasteiger partial charge is 0.0923 e. The van der Waals surface area contributed by atoms with E-state index in [0.717, 1.165) is 12.1 Å². The minimum Gasteiger partial charge on any atom is -0.372 e. The highest BCUT2D eigenvalue weighted by molar-refractivity contribution is 7.10. The van der Waals surface area contributed by atoms with Gasteiger partial charge < -0.3 is 4.90 Å². The number of nitrogens with zero attached hydrogens (tertiary/aromatic N) is 3. The van der Waals surface area contributed by atoms with Crippen molar-refractivity contribution in [3.63, 3.8) is 0 Å². The van der Waals surface area contributed by atoms with Crippen LogP contribution < -0.4 is 9.91 Å². The first-order chi connectivity index (χ1) is 13.9. The van der Waals surface area contributed by atoms with Crippen molar-refractivity contribution in [2.24, 2.45) is 5.10 Å². The predicted molar refractivity (Wildman–Crippen MR) is 120 cm³/mol. The van der Waals surface area contributed by atoms with Crippen LogP contribution in [0.25, 0.3) is 0 Å². The molecule has 2 aromatic carbocycles. The van der Waals surface area contributed by atoms with E-state index >= 15 is 0 Å². The van der Waals surface area contributed by atoms with Gasteiger partial charge in [0.05, 0.1) is 17.4 Å². The Bertz CT molecular complexity index is 926. The van der Waals surface area contributed by atoms with Crippen molar-refractivity contribution in [2.45, 2.75) is 31.7 Å². The second-order valence-corrected chi connectivity index (χ2v) is 8.54. The predicted octanol–water partition coefficient (Wildman–Crippen LogP) is 6.09. The summed E-state index contributed by atoms with van der Waals surface area (Å²) in [4.78, 5) is 3.88. The maximum Gasteiger partial charge on any atom is 0.0923 e. The fourth-order valence-electron chi connectivity index (χ4n) is 4.22. The molecule has 0 saturated carbocycles. The van der Waals surface area contributed by atoms with Gasteiger partial charge in [-0.3, -0.25) is 5.01 Å². The van der Waals surface area contributed by atoms with Crippen LogP contribution in [0.15, 0.2) is 77.2 Å². The van der Waals surface area contributed by atoms with Gasteiger partial charge in [0.15, 0.2) is 0 Å². The molecule has 0 aliphatic carbocycles. The topological polar surface area (TPSA) is 18.8 Å². The molecule has 3 aromatic rings. The number of thiophene rings is 1. The standard InChI is InChI=1S/C24H25N3S/c1-3-8-21(9-4-1)27-23(24-10-7-17-28-24)18-22(25-27)19-11-13-20(14-12-19)26-15-5-2-6-16-26/h1,3-4,7-14,17,23H,2,5-6,15-16,18H2. The highest BCUT2D eigenvalue weighted by Crippen LogP contribution is 2.38. The largest absolute Gasteiger partial charge is 0.372 e. The summed E-state index contributed by atoms with van der Waals surface area (Å²) in [5.74, 6) is 0. The van der Waals surface area contributed by atoms with E-state index in [1.807, 2.05) is 11.3 Å². The molecule has 2 aliphatic heterocycles. The van der Waals surface area contributed by atoms with E-state index in [9.17, 15) is 0 Å². The van der Waals surface area contributed by atoms with Gasteiger partial charge in [0, 0.05) is 30.1 Å². The third-order valence-corrected chi connectivity index (χ3v) is 6.70. The third kappa shape index (κ3) is 3.45. The van der Waals surface area contributed by atoms with Crippen LogP contribution >= 0.6 is 11.3 Å². The molecule has 0 bridgehead atoms. The molecule has 28 heavy (non-hydrogen) atoms. The fourth-order valence-corrected chi connectivity index (χ4v) is 5.03. The number of hydrogen-bond acceptors (Lipinski definition) is 4. The number of hydrogen-bond donors (Lipinski definition) is 0. The number of para-hydroxylation sites is 1. The summed E-state index contributed by atoms with van der Waals surface area (Å²) in [5.41, 5.74) is 4.91. The molecule has 3 nitrogen and oxygen atoms in total. The monoisotopic (exact) mass is 387 g/mol. The van der Waals surface area contributed by atoms with Crippen LogP contribution in [0.4, 0.5) is 11.4 Å². The molecule has 0 amide bonds. The Hall–Kier alpha value is -2.59. The molecule has 1 atom stereocenters. The van der Waals surface area contributed by atoms with E-state index in [1.54, 1.807) is 0 Å². The van der Waals surface area contributed by atoms with Crippen molar-refractivity contribution in [3.8, 4) is 0 Å². The van der Waals surface area contributed by atoms with Gasteiger partial charge >= 0.3 is 0 Å². The second kappa shape index (κ2) is 7.80. The number of rotatable bonds is 4. The lowest BCUT2D eigenvalue weighted by molar-refractivity contribution is 0.578. The SMILES string of the molecule is c1ccc(N2N=C(c3ccc(N4CCCCC4)cc3)CC2c2cccs2)cc1. The summed E-state index contributed by atoms with van der Waals surface area (Å²) in [7, 11) is 0. The Labute approximate surface area is 170 Å². The first kappa shape index (κ1) is 17.5. The van der Waals surface area contributed by atoms with Crippen LogP contribution in [0, 0.1) is 0 Å². The molecule has 1 saturated heterocycles. The average Bonchev–Trinajstić information content (AvgIpc) is 3.45. The average molecular weight is 388 g/mol. The summed E-state index contributed by atoms with van der Waals surface area (Å²) in [6.07, 6.45) is 4.93. The number of piperidine rings is 1. The molecule has 0 N–H and O–H groups in total. The van der Waals surface area contributed by atoms with Gasteiger partial charge in [-0.15, -0.1) is 11.3 Å². The van der Waals surface area contributed by atoms with Crippen LogP contribution in [-0.2, 0) is 0 Å². The van der Waals surface area contributed by atoms with Crippen LogP contribution in [0.3, 0.4) is 0 Å². The van der Waals surface area contributed by atoms with E-state index in [-0.39, 0.29) is 6.04 Å². The maximum absolute atomic E-state index is 5.05. The summed E-state index contributed by atoms with van der Waals surface area (Å²) in [6, 6.07) is 24.2. The molecule has 4 heteroatoms. The Morgan fingerprint density at radius 2 is 1.57 bits per heavy atom. The molecule has 1 unspecified atom stereocenters. The zero-order valence-electron chi connectivity index (χ0n) is 16.0. The van der Waals surface area contributed by atoms with Crippen LogP contribution in [0.1, 0.15) is 42.2 Å². The lowest BCUT2D eigenvalue weighted by Crippen LogP contribution is -2.29. The lowest BCUT2D eigenvalue weighted by Gasteiger charge is -2.28. The zero-order chi connectivity index (χ0) is 18.8. The summed E-state index contributed by atoms with van der Waals surface area (Å²) < 4.78 is 0. The Morgan fingerprint density at radius 1 is 0.786 bits per heavy atom. The van der Waals surface area contributed by atoms with E-state index in [2.05, 4.69) is 82.0 Å². The van der Waals surface area contributed by atoms with Crippen molar-refractivity contribution >= 4 is 28.4 Å². The molecule has 1 aromatic heterocycles. The van der Waals surface area contributed by atoms with Crippen molar-refractivity contribution in [2.75, 3.05) is 23.0 Å². The maximum atomic E-state index is 5.05. The number of benzene rings is 2. The Kier molecular flexibility index (Phi) is 4.88. The Balaban J connectivity index is 1.43. The first-order valence-electron chi connectivity index (χ1n) is 10.2. The lowest BCUT2D eigenvalue weighted by atomic mass is 10.0. The molecule has 1 fully saturated rings. The fraction of sp³-hybridized carbons (Fsp3) is 0.292. The van der Waals surface area contributed by atoms with Gasteiger partial charge in [-0.2, -0.15) is 5.10 Å². The van der Waals surface area contributed by atoms with Gasteiger partial charge in [-0.1, -0.05) is 36.4 Å². The van der Waals surface area contributed by atoms with E-state index < -0.39 is 0 Å². The van der Waals surface area contributed by atoms with Crippen molar-refractivity contribution < 1.29 is 0 Å². The number of hydrazone groups is 1. The highest BCUT2D eigenvalue weighted by Gasteiger charge is 2.30. The molecule has 0 radical (unpaired) electrons. The van der Waals surface area contributed by atoms with E-state index in [4.69, 9.17) is 5.10 Å². The number of anilines is 2. The van der Waals surface area contributed by atoms with Gasteiger partial charge in [0.2, 0.25) is 0 Å². The molecule has 3 heterocycles. The molecular weight excluding hydrogens is 362 g/mol. The van der Waals surface area contributed by atoms with E-state index in [0.29, 0.717) is 0 Å². The molecule has 0 spiro atoms. The van der Waals surface area contributed by atoms with Gasteiger partial charge in [0.1, 0.15) is 0 Å². The van der Waals surface area contributed by atoms with Crippen LogP contribution in [0.5, 0.6) is 0 Å². The third-order valence-electron chi connectivity index (χ3n) is 5.72. The van der Waals surface area contributed by atoms with Crippen molar-refractivity contribution in [1.29, 1.82) is 0 Å². The van der Waals surface area contributed by atoms with Gasteiger partial charge in [0.25, 0.3) is 0 Å². The van der Waals surface area contributed by atoms with Gasteiger partial charge in [-0.05, 0) is 60.5 Å². The summed E-state index contributed by atoms with van der Waals surface area (Å²) >= 11 is 1.82. The molecule has 2 aliphatic rings. The zero-order valence-corrected chi connectivity index (χ0v) is 16.8. The van der Waals surface area contributed by atoms with E-state index in [1.165, 1.54) is 54.2 Å². The second-order valence-electron chi connectivity index (χ2n) is 7.56. The summed E-state index contributed by atoms with van der Waals surface area (Å²) in [5, 5.41) is 9.40. The van der Waals surface area contributed by atoms with Crippen LogP contribution in [-0.4, -0.2) is 18.8 Å². The minimum absolute atomic E-state index is 0.277. The summed E-state index contributed by atoms with van der Waals surface area (Å²) in [6.45, 7) is 2.37. The first-order valence-corrected chi connectivity index (χ1v) is 11.1. The van der Waals surface area contributed by atoms with Crippen molar-refractivity contribution in [1.82, 2.24) is 0 Å². The minimum atomic E-state index is 0.277. The molecule has 5 rings (SSSR count).